The number of rotatable bonds is 6. The molecule has 0 N–H and O–H groups in total. The number of benzene rings is 2. The zero-order valence-electron chi connectivity index (χ0n) is 19.3. The van der Waals surface area contributed by atoms with Gasteiger partial charge in [-0.1, -0.05) is 6.92 Å². The summed E-state index contributed by atoms with van der Waals surface area (Å²) in [4.78, 5) is 27.2. The molecule has 1 amide bonds. The molecule has 172 valence electrons. The first-order valence-electron chi connectivity index (χ1n) is 11.3. The average molecular weight is 448 g/mol. The van der Waals surface area contributed by atoms with Crippen molar-refractivity contribution >= 4 is 11.9 Å². The molecular weight excluding hydrogens is 418 g/mol. The summed E-state index contributed by atoms with van der Waals surface area (Å²) in [5.74, 6) is 0.845. The van der Waals surface area contributed by atoms with E-state index in [1.165, 1.54) is 6.42 Å². The van der Waals surface area contributed by atoms with Crippen LogP contribution in [-0.4, -0.2) is 53.4 Å². The quantitative estimate of drug-likeness (QED) is 0.517. The maximum atomic E-state index is 12.9. The number of ether oxygens (including phenoxy) is 2. The molecule has 33 heavy (non-hydrogen) atoms. The maximum absolute atomic E-state index is 12.9. The molecule has 0 spiro atoms. The number of methoxy groups -OCH3 is 1. The van der Waals surface area contributed by atoms with Gasteiger partial charge in [-0.15, -0.1) is 0 Å². The van der Waals surface area contributed by atoms with Crippen molar-refractivity contribution in [1.82, 2.24) is 14.7 Å². The highest BCUT2D eigenvalue weighted by atomic mass is 16.5. The molecule has 7 heteroatoms. The van der Waals surface area contributed by atoms with Crippen molar-refractivity contribution in [2.75, 3.05) is 26.8 Å². The molecule has 7 nitrogen and oxygen atoms in total. The Morgan fingerprint density at radius 1 is 1.09 bits per heavy atom. The fourth-order valence-corrected chi connectivity index (χ4v) is 4.15. The van der Waals surface area contributed by atoms with Gasteiger partial charge in [-0.3, -0.25) is 4.79 Å². The topological polar surface area (TPSA) is 73.7 Å². The molecule has 0 unspecified atom stereocenters. The van der Waals surface area contributed by atoms with E-state index in [4.69, 9.17) is 9.47 Å². The van der Waals surface area contributed by atoms with E-state index < -0.39 is 5.97 Å². The molecule has 1 fully saturated rings. The number of aromatic nitrogens is 2. The first-order valence-corrected chi connectivity index (χ1v) is 11.3. The van der Waals surface area contributed by atoms with E-state index in [-0.39, 0.29) is 18.2 Å². The number of likely N-dealkylation sites (tertiary alicyclic amines) is 1. The van der Waals surface area contributed by atoms with Gasteiger partial charge in [-0.25, -0.2) is 9.48 Å². The Balaban J connectivity index is 1.66. The van der Waals surface area contributed by atoms with Gasteiger partial charge in [0.1, 0.15) is 5.75 Å². The standard InChI is InChI=1S/C26H29N3O4/c1-4-33-26(31)23-16-24(19-9-13-22(32-3)14-10-19)29(27-23)21-11-7-20(8-12-21)25(30)28-15-5-6-18(2)17-28/h7-14,16,18H,4-6,15,17H2,1-3H3/t18-/m1/s1. The second-order valence-electron chi connectivity index (χ2n) is 8.32. The Morgan fingerprint density at radius 2 is 1.82 bits per heavy atom. The number of hydrogen-bond acceptors (Lipinski definition) is 5. The number of nitrogens with zero attached hydrogens (tertiary/aromatic N) is 3. The zero-order chi connectivity index (χ0) is 23.4. The van der Waals surface area contributed by atoms with Crippen molar-refractivity contribution in [1.29, 1.82) is 0 Å². The molecular formula is C26H29N3O4. The lowest BCUT2D eigenvalue weighted by Gasteiger charge is -2.31. The van der Waals surface area contributed by atoms with Crippen molar-refractivity contribution < 1.29 is 19.1 Å². The maximum Gasteiger partial charge on any atom is 0.358 e. The Kier molecular flexibility index (Phi) is 6.77. The number of carbonyl (C=O) groups is 2. The lowest BCUT2D eigenvalue weighted by Crippen LogP contribution is -2.39. The zero-order valence-corrected chi connectivity index (χ0v) is 19.3. The Labute approximate surface area is 193 Å². The van der Waals surface area contributed by atoms with Gasteiger partial charge in [0.15, 0.2) is 5.69 Å². The van der Waals surface area contributed by atoms with Gasteiger partial charge < -0.3 is 14.4 Å². The summed E-state index contributed by atoms with van der Waals surface area (Å²) in [6, 6.07) is 16.6. The van der Waals surface area contributed by atoms with E-state index in [1.807, 2.05) is 53.4 Å². The van der Waals surface area contributed by atoms with Crippen LogP contribution in [0.15, 0.2) is 54.6 Å². The third-order valence-corrected chi connectivity index (χ3v) is 5.88. The molecule has 1 atom stereocenters. The summed E-state index contributed by atoms with van der Waals surface area (Å²) >= 11 is 0. The second kappa shape index (κ2) is 9.90. The van der Waals surface area contributed by atoms with Gasteiger partial charge in [-0.05, 0) is 80.3 Å². The highest BCUT2D eigenvalue weighted by Crippen LogP contribution is 2.27. The van der Waals surface area contributed by atoms with Crippen LogP contribution >= 0.6 is 0 Å². The van der Waals surface area contributed by atoms with E-state index in [0.29, 0.717) is 11.5 Å². The van der Waals surface area contributed by atoms with Crippen LogP contribution in [0.3, 0.4) is 0 Å². The Morgan fingerprint density at radius 3 is 2.45 bits per heavy atom. The molecule has 1 saturated heterocycles. The normalized spacial score (nSPS) is 15.8. The minimum absolute atomic E-state index is 0.0520. The molecule has 1 aromatic heterocycles. The van der Waals surface area contributed by atoms with E-state index >= 15 is 0 Å². The van der Waals surface area contributed by atoms with E-state index in [2.05, 4.69) is 12.0 Å². The molecule has 0 bridgehead atoms. The molecule has 1 aliphatic rings. The van der Waals surface area contributed by atoms with Crippen LogP contribution in [0.25, 0.3) is 16.9 Å². The minimum Gasteiger partial charge on any atom is -0.497 e. The van der Waals surface area contributed by atoms with Gasteiger partial charge in [-0.2, -0.15) is 5.10 Å². The summed E-state index contributed by atoms with van der Waals surface area (Å²) in [7, 11) is 1.62. The van der Waals surface area contributed by atoms with Gasteiger partial charge >= 0.3 is 5.97 Å². The third-order valence-electron chi connectivity index (χ3n) is 5.88. The molecule has 2 heterocycles. The van der Waals surface area contributed by atoms with E-state index in [1.54, 1.807) is 24.8 Å². The summed E-state index contributed by atoms with van der Waals surface area (Å²) in [6.45, 7) is 5.81. The fourth-order valence-electron chi connectivity index (χ4n) is 4.15. The largest absolute Gasteiger partial charge is 0.497 e. The Hall–Kier alpha value is -3.61. The summed E-state index contributed by atoms with van der Waals surface area (Å²) < 4.78 is 12.1. The number of hydrogen-bond donors (Lipinski definition) is 0. The Bertz CT molecular complexity index is 1120. The second-order valence-corrected chi connectivity index (χ2v) is 8.32. The van der Waals surface area contributed by atoms with Gasteiger partial charge in [0, 0.05) is 24.2 Å². The first kappa shape index (κ1) is 22.6. The lowest BCUT2D eigenvalue weighted by atomic mass is 9.99. The average Bonchev–Trinajstić information content (AvgIpc) is 3.29. The van der Waals surface area contributed by atoms with Crippen LogP contribution in [0, 0.1) is 5.92 Å². The summed E-state index contributed by atoms with van der Waals surface area (Å²) in [6.07, 6.45) is 2.21. The SMILES string of the molecule is CCOC(=O)c1cc(-c2ccc(OC)cc2)n(-c2ccc(C(=O)N3CCC[C@@H](C)C3)cc2)n1. The number of esters is 1. The lowest BCUT2D eigenvalue weighted by molar-refractivity contribution is 0.0518. The van der Waals surface area contributed by atoms with Crippen LogP contribution in [0.1, 0.15) is 47.5 Å². The van der Waals surface area contributed by atoms with E-state index in [0.717, 1.165) is 42.2 Å². The molecule has 0 saturated carbocycles. The number of amides is 1. The molecule has 3 aromatic rings. The van der Waals surface area contributed by atoms with Crippen molar-refractivity contribution in [3.63, 3.8) is 0 Å². The molecule has 0 radical (unpaired) electrons. The van der Waals surface area contributed by atoms with E-state index in [9.17, 15) is 9.59 Å². The summed E-state index contributed by atoms with van der Waals surface area (Å²) in [5, 5.41) is 4.51. The van der Waals surface area contributed by atoms with Crippen molar-refractivity contribution in [2.45, 2.75) is 26.7 Å². The number of carbonyl (C=O) groups excluding carboxylic acids is 2. The molecule has 4 rings (SSSR count). The van der Waals surface area contributed by atoms with Crippen LogP contribution in [0.4, 0.5) is 0 Å². The van der Waals surface area contributed by atoms with Gasteiger partial charge in [0.05, 0.1) is 25.1 Å². The predicted molar refractivity (Wildman–Crippen MR) is 126 cm³/mol. The van der Waals surface area contributed by atoms with Gasteiger partial charge in [0.25, 0.3) is 5.91 Å². The van der Waals surface area contributed by atoms with Crippen molar-refractivity contribution in [2.24, 2.45) is 5.92 Å². The highest BCUT2D eigenvalue weighted by molar-refractivity contribution is 5.94. The monoisotopic (exact) mass is 447 g/mol. The smallest absolute Gasteiger partial charge is 0.358 e. The van der Waals surface area contributed by atoms with Crippen molar-refractivity contribution in [3.8, 4) is 22.7 Å². The highest BCUT2D eigenvalue weighted by Gasteiger charge is 2.22. The molecule has 2 aromatic carbocycles. The summed E-state index contributed by atoms with van der Waals surface area (Å²) in [5.41, 5.74) is 3.24. The third kappa shape index (κ3) is 4.92. The minimum atomic E-state index is -0.475. The van der Waals surface area contributed by atoms with Crippen LogP contribution in [-0.2, 0) is 4.74 Å². The molecule has 1 aliphatic heterocycles. The van der Waals surface area contributed by atoms with Crippen LogP contribution in [0.2, 0.25) is 0 Å². The van der Waals surface area contributed by atoms with Crippen LogP contribution < -0.4 is 4.74 Å². The first-order chi connectivity index (χ1) is 16.0. The van der Waals surface area contributed by atoms with Crippen molar-refractivity contribution in [3.05, 3.63) is 65.9 Å². The predicted octanol–water partition coefficient (Wildman–Crippen LogP) is 4.60. The fraction of sp³-hybridized carbons (Fsp3) is 0.346. The van der Waals surface area contributed by atoms with Gasteiger partial charge in [0.2, 0.25) is 0 Å². The van der Waals surface area contributed by atoms with Crippen LogP contribution in [0.5, 0.6) is 5.75 Å². The molecule has 0 aliphatic carbocycles. The number of piperidine rings is 1.